The van der Waals surface area contributed by atoms with Crippen LogP contribution in [0.4, 0.5) is 4.39 Å². The molecule has 0 heterocycles. The smallest absolute Gasteiger partial charge is 0.307 e. The Bertz CT molecular complexity index is 559. The van der Waals surface area contributed by atoms with E-state index in [0.29, 0.717) is 19.7 Å². The average Bonchev–Trinajstić information content (AvgIpc) is 2.66. The summed E-state index contributed by atoms with van der Waals surface area (Å²) in [5.74, 6) is -0.657. The molecule has 0 atom stereocenters. The van der Waals surface area contributed by atoms with Crippen molar-refractivity contribution >= 4 is 11.9 Å². The summed E-state index contributed by atoms with van der Waals surface area (Å²) < 4.78 is 18.0. The van der Waals surface area contributed by atoms with Crippen LogP contribution >= 0.6 is 0 Å². The van der Waals surface area contributed by atoms with Crippen LogP contribution < -0.4 is 0 Å². The van der Waals surface area contributed by atoms with Crippen LogP contribution in [0.3, 0.4) is 0 Å². The van der Waals surface area contributed by atoms with Crippen LogP contribution in [0.25, 0.3) is 0 Å². The van der Waals surface area contributed by atoms with E-state index < -0.39 is 0 Å². The number of carbonyl (C=O) groups is 2. The molecule has 0 bridgehead atoms. The van der Waals surface area contributed by atoms with Gasteiger partial charge in [-0.15, -0.1) is 0 Å². The second kappa shape index (κ2) is 13.3. The third-order valence-corrected chi connectivity index (χ3v) is 4.56. The van der Waals surface area contributed by atoms with Gasteiger partial charge in [-0.05, 0) is 57.1 Å². The van der Waals surface area contributed by atoms with Crippen LogP contribution in [-0.4, -0.2) is 61.0 Å². The quantitative estimate of drug-likeness (QED) is 0.389. The lowest BCUT2D eigenvalue weighted by Crippen LogP contribution is -2.35. The highest BCUT2D eigenvalue weighted by Crippen LogP contribution is 2.08. The van der Waals surface area contributed by atoms with Gasteiger partial charge in [-0.3, -0.25) is 9.59 Å². The second-order valence-electron chi connectivity index (χ2n) is 6.47. The molecule has 27 heavy (non-hydrogen) atoms. The van der Waals surface area contributed by atoms with Gasteiger partial charge < -0.3 is 14.5 Å². The fraction of sp³-hybridized carbons (Fsp3) is 0.619. The summed E-state index contributed by atoms with van der Waals surface area (Å²) >= 11 is 0. The van der Waals surface area contributed by atoms with Crippen LogP contribution in [0.1, 0.15) is 45.6 Å². The van der Waals surface area contributed by atoms with Gasteiger partial charge in [-0.2, -0.15) is 0 Å². The molecule has 0 aliphatic carbocycles. The molecule has 0 radical (unpaired) electrons. The van der Waals surface area contributed by atoms with Crippen molar-refractivity contribution in [3.05, 3.63) is 35.6 Å². The van der Waals surface area contributed by atoms with Gasteiger partial charge in [0.2, 0.25) is 5.91 Å². The zero-order chi connectivity index (χ0) is 20.1. The molecule has 0 saturated heterocycles. The molecule has 0 N–H and O–H groups in total. The van der Waals surface area contributed by atoms with E-state index in [1.54, 1.807) is 24.0 Å². The van der Waals surface area contributed by atoms with Crippen LogP contribution in [0.5, 0.6) is 0 Å². The molecule has 1 rings (SSSR count). The maximum Gasteiger partial charge on any atom is 0.307 e. The topological polar surface area (TPSA) is 49.9 Å². The number of benzene rings is 1. The maximum atomic E-state index is 13.0. The van der Waals surface area contributed by atoms with Crippen LogP contribution in [0.15, 0.2) is 24.3 Å². The molecule has 0 aliphatic rings. The van der Waals surface area contributed by atoms with Crippen molar-refractivity contribution in [2.45, 2.75) is 46.5 Å². The predicted octanol–water partition coefficient (Wildman–Crippen LogP) is 3.27. The minimum atomic E-state index is -0.318. The predicted molar refractivity (Wildman–Crippen MR) is 105 cm³/mol. The number of halogens is 1. The van der Waals surface area contributed by atoms with Gasteiger partial charge in [0.05, 0.1) is 19.4 Å². The lowest BCUT2D eigenvalue weighted by molar-refractivity contribution is -0.144. The van der Waals surface area contributed by atoms with Crippen molar-refractivity contribution < 1.29 is 18.7 Å². The molecule has 152 valence electrons. The van der Waals surface area contributed by atoms with E-state index in [1.165, 1.54) is 12.1 Å². The number of amides is 1. The standard InChI is InChI=1S/C21H33FN2O3/c1-4-23(5-2)14-7-8-15-24(16-13-21(26)27-6-3)20(25)17-18-9-11-19(22)12-10-18/h9-12H,4-8,13-17H2,1-3H3. The van der Waals surface area contributed by atoms with Gasteiger partial charge in [-0.25, -0.2) is 4.39 Å². The minimum absolute atomic E-state index is 0.0475. The molecule has 1 aromatic carbocycles. The van der Waals surface area contributed by atoms with Crippen molar-refractivity contribution in [1.82, 2.24) is 9.80 Å². The summed E-state index contributed by atoms with van der Waals surface area (Å²) in [6, 6.07) is 5.96. The zero-order valence-electron chi connectivity index (χ0n) is 16.9. The SMILES string of the molecule is CCOC(=O)CCN(CCCCN(CC)CC)C(=O)Cc1ccc(F)cc1. The number of carbonyl (C=O) groups excluding carboxylic acids is 2. The van der Waals surface area contributed by atoms with Crippen LogP contribution in [-0.2, 0) is 20.7 Å². The monoisotopic (exact) mass is 380 g/mol. The van der Waals surface area contributed by atoms with Crippen molar-refractivity contribution in [1.29, 1.82) is 0 Å². The Kier molecular flexibility index (Phi) is 11.3. The summed E-state index contributed by atoms with van der Waals surface area (Å²) in [4.78, 5) is 28.4. The molecule has 0 saturated carbocycles. The Hall–Kier alpha value is -1.95. The van der Waals surface area contributed by atoms with Crippen molar-refractivity contribution in [3.8, 4) is 0 Å². The number of hydrogen-bond acceptors (Lipinski definition) is 4. The number of nitrogens with zero attached hydrogens (tertiary/aromatic N) is 2. The normalized spacial score (nSPS) is 10.9. The summed E-state index contributed by atoms with van der Waals surface area (Å²) in [5.41, 5.74) is 0.769. The molecular formula is C21H33FN2O3. The first-order valence-corrected chi connectivity index (χ1v) is 9.90. The third-order valence-electron chi connectivity index (χ3n) is 4.56. The van der Waals surface area contributed by atoms with E-state index in [2.05, 4.69) is 18.7 Å². The first kappa shape index (κ1) is 23.1. The minimum Gasteiger partial charge on any atom is -0.466 e. The first-order valence-electron chi connectivity index (χ1n) is 9.90. The van der Waals surface area contributed by atoms with Crippen LogP contribution in [0, 0.1) is 5.82 Å². The van der Waals surface area contributed by atoms with Gasteiger partial charge >= 0.3 is 5.97 Å². The third kappa shape index (κ3) is 9.52. The molecule has 1 amide bonds. The van der Waals surface area contributed by atoms with E-state index in [9.17, 15) is 14.0 Å². The maximum absolute atomic E-state index is 13.0. The number of esters is 1. The number of rotatable bonds is 13. The number of unbranched alkanes of at least 4 members (excludes halogenated alkanes) is 1. The first-order chi connectivity index (χ1) is 13.0. The van der Waals surface area contributed by atoms with E-state index in [0.717, 1.165) is 38.0 Å². The van der Waals surface area contributed by atoms with Gasteiger partial charge in [0.25, 0.3) is 0 Å². The van der Waals surface area contributed by atoms with Gasteiger partial charge in [0.1, 0.15) is 5.82 Å². The molecule has 0 fully saturated rings. The fourth-order valence-electron chi connectivity index (χ4n) is 2.89. The fourth-order valence-corrected chi connectivity index (χ4v) is 2.89. The highest BCUT2D eigenvalue weighted by molar-refractivity contribution is 5.79. The Morgan fingerprint density at radius 3 is 2.19 bits per heavy atom. The van der Waals surface area contributed by atoms with E-state index >= 15 is 0 Å². The van der Waals surface area contributed by atoms with E-state index in [1.807, 2.05) is 0 Å². The average molecular weight is 381 g/mol. The molecule has 0 aliphatic heterocycles. The highest BCUT2D eigenvalue weighted by Gasteiger charge is 2.16. The van der Waals surface area contributed by atoms with Crippen molar-refractivity contribution in [3.63, 3.8) is 0 Å². The highest BCUT2D eigenvalue weighted by atomic mass is 19.1. The summed E-state index contributed by atoms with van der Waals surface area (Å²) in [5, 5.41) is 0. The Balaban J connectivity index is 2.58. The molecular weight excluding hydrogens is 347 g/mol. The van der Waals surface area contributed by atoms with Gasteiger partial charge in [0.15, 0.2) is 0 Å². The van der Waals surface area contributed by atoms with Crippen LogP contribution in [0.2, 0.25) is 0 Å². The second-order valence-corrected chi connectivity index (χ2v) is 6.47. The lowest BCUT2D eigenvalue weighted by atomic mass is 10.1. The zero-order valence-corrected chi connectivity index (χ0v) is 16.9. The van der Waals surface area contributed by atoms with E-state index in [4.69, 9.17) is 4.74 Å². The number of hydrogen-bond donors (Lipinski definition) is 0. The Morgan fingerprint density at radius 2 is 1.59 bits per heavy atom. The van der Waals surface area contributed by atoms with Gasteiger partial charge in [-0.1, -0.05) is 26.0 Å². The summed E-state index contributed by atoms with van der Waals surface area (Å²) in [7, 11) is 0. The van der Waals surface area contributed by atoms with Crippen molar-refractivity contribution in [2.75, 3.05) is 39.3 Å². The van der Waals surface area contributed by atoms with Crippen molar-refractivity contribution in [2.24, 2.45) is 0 Å². The number of ether oxygens (including phenoxy) is 1. The largest absolute Gasteiger partial charge is 0.466 e. The molecule has 0 spiro atoms. The Morgan fingerprint density at radius 1 is 0.963 bits per heavy atom. The molecule has 0 aromatic heterocycles. The molecule has 5 nitrogen and oxygen atoms in total. The molecule has 0 unspecified atom stereocenters. The van der Waals surface area contributed by atoms with Gasteiger partial charge in [0, 0.05) is 13.1 Å². The lowest BCUT2D eigenvalue weighted by Gasteiger charge is -2.24. The summed E-state index contributed by atoms with van der Waals surface area (Å²) in [6.45, 7) is 10.4. The molecule has 6 heteroatoms. The Labute approximate surface area is 162 Å². The summed E-state index contributed by atoms with van der Waals surface area (Å²) in [6.07, 6.45) is 2.29. The van der Waals surface area contributed by atoms with E-state index in [-0.39, 0.29) is 30.5 Å². The molecule has 1 aromatic rings.